The Morgan fingerprint density at radius 3 is 2.33 bits per heavy atom. The van der Waals surface area contributed by atoms with Gasteiger partial charge in [-0.25, -0.2) is 0 Å². The van der Waals surface area contributed by atoms with Crippen molar-refractivity contribution in [3.8, 4) is 0 Å². The fourth-order valence-electron chi connectivity index (χ4n) is 1.60. The lowest BCUT2D eigenvalue weighted by molar-refractivity contribution is -0.122. The molecule has 0 spiro atoms. The third kappa shape index (κ3) is 5.74. The maximum Gasteiger partial charge on any atom is 0.236 e. The molecule has 0 aliphatic heterocycles. The zero-order chi connectivity index (χ0) is 12.1. The molecule has 4 heteroatoms. The van der Waals surface area contributed by atoms with E-state index in [2.05, 4.69) is 17.6 Å². The lowest BCUT2D eigenvalue weighted by atomic mass is 9.99. The zero-order valence-corrected chi connectivity index (χ0v) is 10.7. The Balaban J connectivity index is 4.03. The molecule has 0 saturated carbocycles. The highest BCUT2D eigenvalue weighted by Gasteiger charge is 2.22. The van der Waals surface area contributed by atoms with E-state index in [-0.39, 0.29) is 23.6 Å². The Bertz CT molecular complexity index is 205. The molecule has 15 heavy (non-hydrogen) atoms. The van der Waals surface area contributed by atoms with Crippen LogP contribution in [0.2, 0.25) is 0 Å². The molecule has 0 saturated heterocycles. The molecule has 0 aliphatic carbocycles. The van der Waals surface area contributed by atoms with Gasteiger partial charge in [0.2, 0.25) is 5.91 Å². The predicted octanol–water partition coefficient (Wildman–Crippen LogP) is 0.914. The number of amides is 1. The van der Waals surface area contributed by atoms with E-state index in [9.17, 15) is 4.79 Å². The second-order valence-corrected chi connectivity index (χ2v) is 4.57. The smallest absolute Gasteiger partial charge is 0.236 e. The van der Waals surface area contributed by atoms with Crippen molar-refractivity contribution in [3.05, 3.63) is 0 Å². The number of methoxy groups -OCH3 is 1. The molecule has 0 radical (unpaired) electrons. The van der Waals surface area contributed by atoms with E-state index in [1.165, 1.54) is 0 Å². The Hall–Kier alpha value is -0.610. The van der Waals surface area contributed by atoms with Crippen molar-refractivity contribution in [1.29, 1.82) is 0 Å². The van der Waals surface area contributed by atoms with Gasteiger partial charge in [0.05, 0.1) is 11.6 Å². The molecule has 0 aliphatic rings. The van der Waals surface area contributed by atoms with Crippen molar-refractivity contribution in [3.63, 3.8) is 0 Å². The molecule has 1 amide bonds. The minimum absolute atomic E-state index is 0.0112. The van der Waals surface area contributed by atoms with Crippen molar-refractivity contribution in [2.45, 2.75) is 51.8 Å². The monoisotopic (exact) mass is 216 g/mol. The quantitative estimate of drug-likeness (QED) is 0.694. The largest absolute Gasteiger partial charge is 0.379 e. The van der Waals surface area contributed by atoms with Crippen LogP contribution in [0, 0.1) is 0 Å². The van der Waals surface area contributed by atoms with Crippen LogP contribution in [0.25, 0.3) is 0 Å². The normalized spacial score (nSPS) is 15.9. The van der Waals surface area contributed by atoms with Gasteiger partial charge in [-0.2, -0.15) is 0 Å². The number of carbonyl (C=O) groups is 1. The number of hydrogen-bond acceptors (Lipinski definition) is 3. The average Bonchev–Trinajstić information content (AvgIpc) is 2.15. The topological polar surface area (TPSA) is 50.4 Å². The first kappa shape index (κ1) is 14.4. The Morgan fingerprint density at radius 1 is 1.40 bits per heavy atom. The molecule has 0 heterocycles. The van der Waals surface area contributed by atoms with Crippen molar-refractivity contribution < 1.29 is 9.53 Å². The molecule has 90 valence electrons. The summed E-state index contributed by atoms with van der Waals surface area (Å²) in [5.74, 6) is 0.0112. The van der Waals surface area contributed by atoms with Crippen molar-refractivity contribution in [2.75, 3.05) is 14.2 Å². The molecule has 0 aromatic heterocycles. The van der Waals surface area contributed by atoms with E-state index in [1.54, 1.807) is 14.2 Å². The van der Waals surface area contributed by atoms with Crippen molar-refractivity contribution in [2.24, 2.45) is 0 Å². The number of nitrogens with one attached hydrogen (secondary N) is 2. The van der Waals surface area contributed by atoms with Crippen LogP contribution in [0.15, 0.2) is 0 Å². The number of likely N-dealkylation sites (N-methyl/N-ethyl adjacent to an activating group) is 1. The summed E-state index contributed by atoms with van der Waals surface area (Å²) in [4.78, 5) is 11.3. The molecule has 0 fully saturated rings. The van der Waals surface area contributed by atoms with E-state index in [0.717, 1.165) is 6.42 Å². The van der Waals surface area contributed by atoms with Crippen molar-refractivity contribution >= 4 is 5.91 Å². The van der Waals surface area contributed by atoms with Gasteiger partial charge >= 0.3 is 0 Å². The van der Waals surface area contributed by atoms with Crippen LogP contribution in [0.1, 0.15) is 34.1 Å². The summed E-state index contributed by atoms with van der Waals surface area (Å²) in [7, 11) is 3.35. The summed E-state index contributed by atoms with van der Waals surface area (Å²) in [5, 5.41) is 5.84. The first-order valence-electron chi connectivity index (χ1n) is 5.35. The number of rotatable bonds is 6. The Labute approximate surface area is 92.8 Å². The average molecular weight is 216 g/mol. The molecule has 2 atom stereocenters. The Morgan fingerprint density at radius 2 is 1.93 bits per heavy atom. The van der Waals surface area contributed by atoms with Gasteiger partial charge in [0.25, 0.3) is 0 Å². The van der Waals surface area contributed by atoms with E-state index in [1.807, 2.05) is 20.8 Å². The van der Waals surface area contributed by atoms with Crippen LogP contribution in [0.4, 0.5) is 0 Å². The van der Waals surface area contributed by atoms with E-state index in [4.69, 9.17) is 4.74 Å². The first-order valence-corrected chi connectivity index (χ1v) is 5.35. The minimum Gasteiger partial charge on any atom is -0.379 e. The highest BCUT2D eigenvalue weighted by Crippen LogP contribution is 2.15. The fourth-order valence-corrected chi connectivity index (χ4v) is 1.60. The summed E-state index contributed by atoms with van der Waals surface area (Å²) in [6.07, 6.45) is 0.866. The molecular formula is C11H24N2O2. The van der Waals surface area contributed by atoms with Gasteiger partial charge in [-0.15, -0.1) is 0 Å². The van der Waals surface area contributed by atoms with Gasteiger partial charge in [0.15, 0.2) is 0 Å². The molecule has 4 nitrogen and oxygen atoms in total. The standard InChI is InChI=1S/C11H24N2O2/c1-8(7-11(3,4)15-6)13-9(2)10(14)12-5/h8-9,13H,7H2,1-6H3,(H,12,14)/t8?,9-/m1/s1. The summed E-state index contributed by atoms with van der Waals surface area (Å²) < 4.78 is 5.34. The van der Waals surface area contributed by atoms with Gasteiger partial charge in [0.1, 0.15) is 0 Å². The molecule has 2 N–H and O–H groups in total. The lowest BCUT2D eigenvalue weighted by Gasteiger charge is -2.28. The van der Waals surface area contributed by atoms with Gasteiger partial charge in [-0.3, -0.25) is 4.79 Å². The van der Waals surface area contributed by atoms with E-state index in [0.29, 0.717) is 0 Å². The fraction of sp³-hybridized carbons (Fsp3) is 0.909. The Kier molecular flexibility index (Phi) is 5.83. The van der Waals surface area contributed by atoms with Crippen LogP contribution in [-0.2, 0) is 9.53 Å². The highest BCUT2D eigenvalue weighted by atomic mass is 16.5. The second-order valence-electron chi connectivity index (χ2n) is 4.57. The van der Waals surface area contributed by atoms with Crippen LogP contribution in [0.3, 0.4) is 0 Å². The lowest BCUT2D eigenvalue weighted by Crippen LogP contribution is -2.46. The molecule has 0 aromatic rings. The van der Waals surface area contributed by atoms with Gasteiger partial charge < -0.3 is 15.4 Å². The van der Waals surface area contributed by atoms with Gasteiger partial charge in [0, 0.05) is 20.2 Å². The SMILES string of the molecule is CNC(=O)[C@@H](C)NC(C)CC(C)(C)OC. The summed E-state index contributed by atoms with van der Waals surface area (Å²) in [6, 6.07) is 0.0740. The van der Waals surface area contributed by atoms with Gasteiger partial charge in [-0.05, 0) is 34.1 Å². The predicted molar refractivity (Wildman–Crippen MR) is 61.8 cm³/mol. The van der Waals surface area contributed by atoms with E-state index >= 15 is 0 Å². The summed E-state index contributed by atoms with van der Waals surface area (Å²) in [6.45, 7) is 7.99. The highest BCUT2D eigenvalue weighted by molar-refractivity contribution is 5.80. The minimum atomic E-state index is -0.169. The van der Waals surface area contributed by atoms with E-state index < -0.39 is 0 Å². The first-order chi connectivity index (χ1) is 6.82. The second kappa shape index (κ2) is 6.08. The van der Waals surface area contributed by atoms with Crippen LogP contribution in [-0.4, -0.2) is 37.7 Å². The van der Waals surface area contributed by atoms with Crippen LogP contribution >= 0.6 is 0 Å². The van der Waals surface area contributed by atoms with Gasteiger partial charge in [-0.1, -0.05) is 0 Å². The summed E-state index contributed by atoms with van der Waals surface area (Å²) >= 11 is 0. The third-order valence-corrected chi connectivity index (χ3v) is 2.52. The third-order valence-electron chi connectivity index (χ3n) is 2.52. The maximum atomic E-state index is 11.3. The molecule has 1 unspecified atom stereocenters. The van der Waals surface area contributed by atoms with Crippen molar-refractivity contribution in [1.82, 2.24) is 10.6 Å². The molecule has 0 aromatic carbocycles. The number of carbonyl (C=O) groups excluding carboxylic acids is 1. The number of ether oxygens (including phenoxy) is 1. The number of hydrogen-bond donors (Lipinski definition) is 2. The summed E-state index contributed by atoms with van der Waals surface area (Å²) in [5.41, 5.74) is -0.158. The maximum absolute atomic E-state index is 11.3. The zero-order valence-electron chi connectivity index (χ0n) is 10.7. The molecule has 0 rings (SSSR count). The van der Waals surface area contributed by atoms with Crippen LogP contribution in [0.5, 0.6) is 0 Å². The molecule has 0 bridgehead atoms. The van der Waals surface area contributed by atoms with Crippen LogP contribution < -0.4 is 10.6 Å². The molecular weight excluding hydrogens is 192 g/mol.